The van der Waals surface area contributed by atoms with Crippen LogP contribution in [-0.2, 0) is 6.61 Å². The lowest BCUT2D eigenvalue weighted by atomic mass is 10.2. The Bertz CT molecular complexity index is 867. The predicted octanol–water partition coefficient (Wildman–Crippen LogP) is 3.65. The zero-order valence-corrected chi connectivity index (χ0v) is 14.9. The molecular formula is C17H14BrFN4O2. The van der Waals surface area contributed by atoms with Crippen LogP contribution in [0.25, 0.3) is 0 Å². The molecule has 0 N–H and O–H groups in total. The van der Waals surface area contributed by atoms with Crippen molar-refractivity contribution in [2.24, 2.45) is 5.10 Å². The molecule has 0 atom stereocenters. The van der Waals surface area contributed by atoms with Gasteiger partial charge in [0.1, 0.15) is 25.1 Å². The van der Waals surface area contributed by atoms with Gasteiger partial charge in [-0.25, -0.2) is 9.07 Å². The summed E-state index contributed by atoms with van der Waals surface area (Å²) in [5.41, 5.74) is 1.67. The molecule has 0 aliphatic rings. The van der Waals surface area contributed by atoms with Crippen LogP contribution in [0.2, 0.25) is 0 Å². The summed E-state index contributed by atoms with van der Waals surface area (Å²) in [4.78, 5) is 0. The van der Waals surface area contributed by atoms with Crippen LogP contribution < -0.4 is 9.47 Å². The van der Waals surface area contributed by atoms with E-state index in [9.17, 15) is 4.39 Å². The molecule has 0 aliphatic heterocycles. The molecule has 0 amide bonds. The van der Waals surface area contributed by atoms with Crippen LogP contribution in [0, 0.1) is 5.82 Å². The third-order valence-electron chi connectivity index (χ3n) is 3.29. The lowest BCUT2D eigenvalue weighted by Crippen LogP contribution is -2.00. The first-order valence-corrected chi connectivity index (χ1v) is 8.09. The maximum Gasteiger partial charge on any atom is 0.175 e. The highest BCUT2D eigenvalue weighted by atomic mass is 79.9. The summed E-state index contributed by atoms with van der Waals surface area (Å²) in [5, 5.41) is 11.6. The lowest BCUT2D eigenvalue weighted by Gasteiger charge is -2.13. The molecule has 2 aromatic carbocycles. The minimum atomic E-state index is -0.278. The number of hydrogen-bond donors (Lipinski definition) is 0. The van der Waals surface area contributed by atoms with Gasteiger partial charge in [-0.15, -0.1) is 10.2 Å². The van der Waals surface area contributed by atoms with Gasteiger partial charge in [0.05, 0.1) is 17.8 Å². The molecule has 3 rings (SSSR count). The summed E-state index contributed by atoms with van der Waals surface area (Å²) >= 11 is 3.48. The van der Waals surface area contributed by atoms with Gasteiger partial charge in [0.25, 0.3) is 0 Å². The second-order valence-electron chi connectivity index (χ2n) is 5.04. The molecule has 3 aromatic rings. The first-order valence-electron chi connectivity index (χ1n) is 7.29. The van der Waals surface area contributed by atoms with E-state index < -0.39 is 0 Å². The SMILES string of the molecule is COc1cc(C=Nn2cnnc2)cc(Br)c1OCc1ccc(F)cc1. The summed E-state index contributed by atoms with van der Waals surface area (Å²) < 4.78 is 26.4. The average molecular weight is 405 g/mol. The molecule has 1 aromatic heterocycles. The van der Waals surface area contributed by atoms with E-state index in [1.807, 2.05) is 6.07 Å². The number of ether oxygens (including phenoxy) is 2. The Balaban J connectivity index is 1.78. The van der Waals surface area contributed by atoms with Crippen LogP contribution in [0.5, 0.6) is 11.5 Å². The van der Waals surface area contributed by atoms with Crippen molar-refractivity contribution in [2.45, 2.75) is 6.61 Å². The van der Waals surface area contributed by atoms with Gasteiger partial charge in [-0.1, -0.05) is 12.1 Å². The van der Waals surface area contributed by atoms with Crippen molar-refractivity contribution in [3.8, 4) is 11.5 Å². The molecule has 0 aliphatic carbocycles. The summed E-state index contributed by atoms with van der Waals surface area (Å²) in [6.45, 7) is 0.295. The minimum Gasteiger partial charge on any atom is -0.493 e. The molecule has 25 heavy (non-hydrogen) atoms. The number of nitrogens with zero attached hydrogens (tertiary/aromatic N) is 4. The van der Waals surface area contributed by atoms with Gasteiger partial charge >= 0.3 is 0 Å². The molecule has 0 saturated heterocycles. The van der Waals surface area contributed by atoms with Gasteiger partial charge in [0, 0.05) is 0 Å². The van der Waals surface area contributed by atoms with E-state index in [0.29, 0.717) is 18.1 Å². The highest BCUT2D eigenvalue weighted by molar-refractivity contribution is 9.10. The first kappa shape index (κ1) is 17.1. The second kappa shape index (κ2) is 7.89. The maximum atomic E-state index is 13.0. The lowest BCUT2D eigenvalue weighted by molar-refractivity contribution is 0.282. The number of benzene rings is 2. The van der Waals surface area contributed by atoms with Crippen molar-refractivity contribution in [1.29, 1.82) is 0 Å². The predicted molar refractivity (Wildman–Crippen MR) is 94.4 cm³/mol. The van der Waals surface area contributed by atoms with Gasteiger partial charge in [-0.3, -0.25) is 0 Å². The molecule has 0 spiro atoms. The van der Waals surface area contributed by atoms with Crippen molar-refractivity contribution in [1.82, 2.24) is 14.9 Å². The number of methoxy groups -OCH3 is 1. The van der Waals surface area contributed by atoms with E-state index in [4.69, 9.17) is 9.47 Å². The summed E-state index contributed by atoms with van der Waals surface area (Å²) in [7, 11) is 1.56. The van der Waals surface area contributed by atoms with E-state index in [-0.39, 0.29) is 5.82 Å². The zero-order chi connectivity index (χ0) is 17.6. The van der Waals surface area contributed by atoms with Gasteiger partial charge in [0.15, 0.2) is 11.5 Å². The highest BCUT2D eigenvalue weighted by Crippen LogP contribution is 2.36. The average Bonchev–Trinajstić information content (AvgIpc) is 3.13. The fourth-order valence-corrected chi connectivity index (χ4v) is 2.65. The first-order chi connectivity index (χ1) is 12.2. The standard InChI is InChI=1S/C17H14BrFN4O2/c1-24-16-7-13(8-22-23-10-20-21-11-23)6-15(18)17(16)25-9-12-2-4-14(19)5-3-12/h2-8,10-11H,9H2,1H3. The number of aromatic nitrogens is 3. The summed E-state index contributed by atoms with van der Waals surface area (Å²) in [6.07, 6.45) is 4.63. The molecule has 0 unspecified atom stereocenters. The molecule has 6 nitrogen and oxygen atoms in total. The van der Waals surface area contributed by atoms with Crippen LogP contribution in [0.1, 0.15) is 11.1 Å². The molecule has 128 valence electrons. The van der Waals surface area contributed by atoms with Gasteiger partial charge in [0.2, 0.25) is 0 Å². The Labute approximate surface area is 152 Å². The Morgan fingerprint density at radius 3 is 2.60 bits per heavy atom. The second-order valence-corrected chi connectivity index (χ2v) is 5.89. The molecular weight excluding hydrogens is 391 g/mol. The van der Waals surface area contributed by atoms with E-state index >= 15 is 0 Å². The maximum absolute atomic E-state index is 13.0. The van der Waals surface area contributed by atoms with Crippen molar-refractivity contribution >= 4 is 22.1 Å². The quantitative estimate of drug-likeness (QED) is 0.588. The van der Waals surface area contributed by atoms with E-state index in [1.165, 1.54) is 29.5 Å². The van der Waals surface area contributed by atoms with Gasteiger partial charge in [-0.2, -0.15) is 5.10 Å². The largest absolute Gasteiger partial charge is 0.493 e. The van der Waals surface area contributed by atoms with Crippen molar-refractivity contribution < 1.29 is 13.9 Å². The molecule has 0 bridgehead atoms. The van der Waals surface area contributed by atoms with Gasteiger partial charge in [-0.05, 0) is 51.3 Å². The molecule has 0 radical (unpaired) electrons. The van der Waals surface area contributed by atoms with Crippen molar-refractivity contribution in [3.63, 3.8) is 0 Å². The van der Waals surface area contributed by atoms with Crippen molar-refractivity contribution in [2.75, 3.05) is 7.11 Å². The van der Waals surface area contributed by atoms with Crippen LogP contribution >= 0.6 is 15.9 Å². The fraction of sp³-hybridized carbons (Fsp3) is 0.118. The smallest absolute Gasteiger partial charge is 0.175 e. The zero-order valence-electron chi connectivity index (χ0n) is 13.3. The van der Waals surface area contributed by atoms with E-state index in [0.717, 1.165) is 15.6 Å². The third kappa shape index (κ3) is 4.42. The van der Waals surface area contributed by atoms with E-state index in [1.54, 1.807) is 31.5 Å². The molecule has 0 fully saturated rings. The molecule has 0 saturated carbocycles. The minimum absolute atomic E-state index is 0.278. The van der Waals surface area contributed by atoms with Crippen LogP contribution in [0.15, 0.2) is 58.6 Å². The number of halogens is 2. The summed E-state index contributed by atoms with van der Waals surface area (Å²) in [5.74, 6) is 0.842. The van der Waals surface area contributed by atoms with Crippen LogP contribution in [-0.4, -0.2) is 28.2 Å². The third-order valence-corrected chi connectivity index (χ3v) is 3.88. The van der Waals surface area contributed by atoms with Gasteiger partial charge < -0.3 is 9.47 Å². The Morgan fingerprint density at radius 1 is 1.20 bits per heavy atom. The number of hydrogen-bond acceptors (Lipinski definition) is 5. The topological polar surface area (TPSA) is 61.5 Å². The van der Waals surface area contributed by atoms with Crippen molar-refractivity contribution in [3.05, 3.63) is 70.5 Å². The summed E-state index contributed by atoms with van der Waals surface area (Å²) in [6, 6.07) is 9.81. The monoisotopic (exact) mass is 404 g/mol. The van der Waals surface area contributed by atoms with E-state index in [2.05, 4.69) is 31.2 Å². The number of rotatable bonds is 6. The Morgan fingerprint density at radius 2 is 1.92 bits per heavy atom. The molecule has 8 heteroatoms. The molecule has 1 heterocycles. The van der Waals surface area contributed by atoms with Crippen LogP contribution in [0.3, 0.4) is 0 Å². The van der Waals surface area contributed by atoms with Crippen LogP contribution in [0.4, 0.5) is 4.39 Å². The fourth-order valence-electron chi connectivity index (χ4n) is 2.08. The Kier molecular flexibility index (Phi) is 5.39. The normalized spacial score (nSPS) is 11.0. The highest BCUT2D eigenvalue weighted by Gasteiger charge is 2.11. The Hall–Kier alpha value is -2.74.